The molecule has 6 nitrogen and oxygen atoms in total. The maximum absolute atomic E-state index is 12.5. The SMILES string of the molecule is COCCNC(=O)C1CCN(S(=O)(=O)Cc2ccc(C)cc2)CC1. The van der Waals surface area contributed by atoms with E-state index in [1.807, 2.05) is 31.2 Å². The monoisotopic (exact) mass is 354 g/mol. The van der Waals surface area contributed by atoms with E-state index in [1.165, 1.54) is 4.31 Å². The first-order valence-electron chi connectivity index (χ1n) is 8.22. The molecule has 134 valence electrons. The summed E-state index contributed by atoms with van der Waals surface area (Å²) < 4.78 is 31.5. The van der Waals surface area contributed by atoms with E-state index in [9.17, 15) is 13.2 Å². The van der Waals surface area contributed by atoms with E-state index < -0.39 is 10.0 Å². The number of nitrogens with zero attached hydrogens (tertiary/aromatic N) is 1. The largest absolute Gasteiger partial charge is 0.383 e. The number of sulfonamides is 1. The second kappa shape index (κ2) is 8.60. The zero-order chi connectivity index (χ0) is 17.6. The minimum atomic E-state index is -3.34. The normalized spacial score (nSPS) is 16.9. The summed E-state index contributed by atoms with van der Waals surface area (Å²) in [5.41, 5.74) is 1.90. The van der Waals surface area contributed by atoms with Crippen molar-refractivity contribution in [2.45, 2.75) is 25.5 Å². The van der Waals surface area contributed by atoms with Gasteiger partial charge >= 0.3 is 0 Å². The number of rotatable bonds is 7. The van der Waals surface area contributed by atoms with Crippen LogP contribution < -0.4 is 5.32 Å². The van der Waals surface area contributed by atoms with Gasteiger partial charge in [0.2, 0.25) is 15.9 Å². The van der Waals surface area contributed by atoms with Gasteiger partial charge in [0.25, 0.3) is 0 Å². The van der Waals surface area contributed by atoms with Crippen LogP contribution in [0, 0.1) is 12.8 Å². The molecule has 1 aromatic carbocycles. The summed E-state index contributed by atoms with van der Waals surface area (Å²) in [7, 11) is -1.75. The topological polar surface area (TPSA) is 75.7 Å². The van der Waals surface area contributed by atoms with Crippen molar-refractivity contribution in [3.05, 3.63) is 35.4 Å². The fraction of sp³-hybridized carbons (Fsp3) is 0.588. The van der Waals surface area contributed by atoms with E-state index >= 15 is 0 Å². The summed E-state index contributed by atoms with van der Waals surface area (Å²) in [6.07, 6.45) is 1.12. The second-order valence-corrected chi connectivity index (χ2v) is 8.17. The number of benzene rings is 1. The van der Waals surface area contributed by atoms with E-state index in [0.717, 1.165) is 11.1 Å². The third-order valence-corrected chi connectivity index (χ3v) is 6.14. The molecule has 0 bridgehead atoms. The molecule has 24 heavy (non-hydrogen) atoms. The van der Waals surface area contributed by atoms with Crippen molar-refractivity contribution in [1.82, 2.24) is 9.62 Å². The molecule has 7 heteroatoms. The molecule has 1 fully saturated rings. The van der Waals surface area contributed by atoms with Gasteiger partial charge in [-0.2, -0.15) is 0 Å². The first-order valence-corrected chi connectivity index (χ1v) is 9.83. The van der Waals surface area contributed by atoms with Crippen LogP contribution in [0.1, 0.15) is 24.0 Å². The second-order valence-electron chi connectivity index (χ2n) is 6.20. The highest BCUT2D eigenvalue weighted by Gasteiger charge is 2.30. The third-order valence-electron chi connectivity index (χ3n) is 4.29. The highest BCUT2D eigenvalue weighted by Crippen LogP contribution is 2.22. The van der Waals surface area contributed by atoms with Crippen LogP contribution in [0.2, 0.25) is 0 Å². The zero-order valence-corrected chi connectivity index (χ0v) is 15.1. The fourth-order valence-corrected chi connectivity index (χ4v) is 4.37. The minimum absolute atomic E-state index is 0.0115. The first kappa shape index (κ1) is 18.9. The summed E-state index contributed by atoms with van der Waals surface area (Å²) in [6.45, 7) is 3.74. The number of piperidine rings is 1. The molecule has 1 amide bonds. The predicted molar refractivity (Wildman–Crippen MR) is 93.0 cm³/mol. The first-order chi connectivity index (χ1) is 11.4. The molecule has 1 aliphatic heterocycles. The van der Waals surface area contributed by atoms with Crippen LogP contribution in [0.3, 0.4) is 0 Å². The van der Waals surface area contributed by atoms with Crippen LogP contribution >= 0.6 is 0 Å². The van der Waals surface area contributed by atoms with Gasteiger partial charge in [-0.25, -0.2) is 12.7 Å². The van der Waals surface area contributed by atoms with Gasteiger partial charge in [-0.15, -0.1) is 0 Å². The Hall–Kier alpha value is -1.44. The molecule has 0 spiro atoms. The van der Waals surface area contributed by atoms with Crippen LogP contribution in [-0.4, -0.2) is 52.0 Å². The van der Waals surface area contributed by atoms with Crippen molar-refractivity contribution in [1.29, 1.82) is 0 Å². The number of hydrogen-bond donors (Lipinski definition) is 1. The molecule has 2 rings (SSSR count). The number of nitrogens with one attached hydrogen (secondary N) is 1. The Morgan fingerprint density at radius 3 is 2.46 bits per heavy atom. The van der Waals surface area contributed by atoms with Crippen molar-refractivity contribution in [3.8, 4) is 0 Å². The summed E-state index contributed by atoms with van der Waals surface area (Å²) in [5, 5.41) is 2.82. The number of amides is 1. The van der Waals surface area contributed by atoms with Gasteiger partial charge in [0.1, 0.15) is 0 Å². The smallest absolute Gasteiger partial charge is 0.223 e. The quantitative estimate of drug-likeness (QED) is 0.749. The molecule has 1 heterocycles. The van der Waals surface area contributed by atoms with Gasteiger partial charge in [0, 0.05) is 32.7 Å². The van der Waals surface area contributed by atoms with Gasteiger partial charge in [0.05, 0.1) is 12.4 Å². The van der Waals surface area contributed by atoms with E-state index in [4.69, 9.17) is 4.74 Å². The highest BCUT2D eigenvalue weighted by atomic mass is 32.2. The Kier molecular flexibility index (Phi) is 6.77. The Labute approximate surface area is 144 Å². The van der Waals surface area contributed by atoms with Gasteiger partial charge in [0.15, 0.2) is 0 Å². The molecule has 0 radical (unpaired) electrons. The van der Waals surface area contributed by atoms with Crippen LogP contribution in [-0.2, 0) is 25.3 Å². The van der Waals surface area contributed by atoms with Crippen molar-refractivity contribution < 1.29 is 17.9 Å². The Morgan fingerprint density at radius 1 is 1.25 bits per heavy atom. The van der Waals surface area contributed by atoms with E-state index in [-0.39, 0.29) is 17.6 Å². The van der Waals surface area contributed by atoms with Crippen LogP contribution in [0.5, 0.6) is 0 Å². The zero-order valence-electron chi connectivity index (χ0n) is 14.3. The molecule has 1 aromatic rings. The minimum Gasteiger partial charge on any atom is -0.383 e. The average Bonchev–Trinajstić information content (AvgIpc) is 2.57. The summed E-state index contributed by atoms with van der Waals surface area (Å²) in [5.74, 6) is -0.117. The molecule has 1 saturated heterocycles. The molecular weight excluding hydrogens is 328 g/mol. The number of hydrogen-bond acceptors (Lipinski definition) is 4. The Bertz CT molecular complexity index is 635. The lowest BCUT2D eigenvalue weighted by atomic mass is 9.97. The number of carbonyl (C=O) groups excluding carboxylic acids is 1. The number of methoxy groups -OCH3 is 1. The highest BCUT2D eigenvalue weighted by molar-refractivity contribution is 7.88. The Balaban J connectivity index is 1.86. The lowest BCUT2D eigenvalue weighted by Gasteiger charge is -2.30. The van der Waals surface area contributed by atoms with Crippen molar-refractivity contribution >= 4 is 15.9 Å². The van der Waals surface area contributed by atoms with Gasteiger partial charge in [-0.1, -0.05) is 29.8 Å². The maximum Gasteiger partial charge on any atom is 0.223 e. The molecule has 0 unspecified atom stereocenters. The average molecular weight is 354 g/mol. The van der Waals surface area contributed by atoms with Crippen molar-refractivity contribution in [2.75, 3.05) is 33.4 Å². The van der Waals surface area contributed by atoms with Crippen molar-refractivity contribution in [3.63, 3.8) is 0 Å². The fourth-order valence-electron chi connectivity index (χ4n) is 2.80. The van der Waals surface area contributed by atoms with E-state index in [0.29, 0.717) is 39.1 Å². The number of ether oxygens (including phenoxy) is 1. The summed E-state index contributed by atoms with van der Waals surface area (Å²) in [4.78, 5) is 12.0. The lowest BCUT2D eigenvalue weighted by molar-refractivity contribution is -0.126. The Morgan fingerprint density at radius 2 is 1.88 bits per heavy atom. The van der Waals surface area contributed by atoms with E-state index in [1.54, 1.807) is 7.11 Å². The molecule has 0 aliphatic carbocycles. The summed E-state index contributed by atoms with van der Waals surface area (Å²) in [6, 6.07) is 7.54. The van der Waals surface area contributed by atoms with Crippen molar-refractivity contribution in [2.24, 2.45) is 5.92 Å². The number of carbonyl (C=O) groups is 1. The van der Waals surface area contributed by atoms with Crippen LogP contribution in [0.4, 0.5) is 0 Å². The van der Waals surface area contributed by atoms with Gasteiger partial charge < -0.3 is 10.1 Å². The molecule has 0 aromatic heterocycles. The maximum atomic E-state index is 12.5. The lowest BCUT2D eigenvalue weighted by Crippen LogP contribution is -2.43. The van der Waals surface area contributed by atoms with Crippen LogP contribution in [0.15, 0.2) is 24.3 Å². The van der Waals surface area contributed by atoms with E-state index in [2.05, 4.69) is 5.32 Å². The molecule has 1 aliphatic rings. The predicted octanol–water partition coefficient (Wildman–Crippen LogP) is 1.30. The molecular formula is C17H26N2O4S. The summed E-state index contributed by atoms with van der Waals surface area (Å²) >= 11 is 0. The molecule has 1 N–H and O–H groups in total. The number of aryl methyl sites for hydroxylation is 1. The van der Waals surface area contributed by atoms with Gasteiger partial charge in [-0.05, 0) is 25.3 Å². The van der Waals surface area contributed by atoms with Crippen LogP contribution in [0.25, 0.3) is 0 Å². The standard InChI is InChI=1S/C17H26N2O4S/c1-14-3-5-15(6-4-14)13-24(21,22)19-10-7-16(8-11-19)17(20)18-9-12-23-2/h3-6,16H,7-13H2,1-2H3,(H,18,20). The third kappa shape index (κ3) is 5.29. The molecule has 0 atom stereocenters. The van der Waals surface area contributed by atoms with Gasteiger partial charge in [-0.3, -0.25) is 4.79 Å². The molecule has 0 saturated carbocycles.